The second kappa shape index (κ2) is 9.91. The number of allylic oxidation sites excluding steroid dienone is 1. The molecular weight excluding hydrogens is 456 g/mol. The zero-order valence-electron chi connectivity index (χ0n) is 20.2. The number of aromatic nitrogens is 4. The summed E-state index contributed by atoms with van der Waals surface area (Å²) >= 11 is 0. The molecule has 1 amide bonds. The van der Waals surface area contributed by atoms with Crippen LogP contribution in [0.3, 0.4) is 0 Å². The number of tetrazole rings is 1. The second-order valence-electron chi connectivity index (χ2n) is 8.52. The standard InChI is InChI=1S/C27H26N6O3/c1-17-8-7-9-19(14-17)16-36-22-13-12-20(15-23(22)35-3)25-24(18(2)28-27-30-31-32-33(25)27)26(34)29-21-10-5-4-6-11-21/h4-15,25H,16H2,1-3H3,(H,29,34)(H,28,30,32). The number of aryl methyl sites for hydroxylation is 1. The molecule has 4 aromatic rings. The Morgan fingerprint density at radius 3 is 2.64 bits per heavy atom. The summed E-state index contributed by atoms with van der Waals surface area (Å²) in [5.41, 5.74) is 4.87. The third kappa shape index (κ3) is 4.63. The molecule has 0 saturated heterocycles. The van der Waals surface area contributed by atoms with Crippen LogP contribution in [-0.2, 0) is 11.4 Å². The van der Waals surface area contributed by atoms with E-state index in [-0.39, 0.29) is 5.91 Å². The third-order valence-corrected chi connectivity index (χ3v) is 5.97. The van der Waals surface area contributed by atoms with Gasteiger partial charge < -0.3 is 20.1 Å². The summed E-state index contributed by atoms with van der Waals surface area (Å²) in [6.07, 6.45) is 0. The van der Waals surface area contributed by atoms with Crippen molar-refractivity contribution in [3.63, 3.8) is 0 Å². The van der Waals surface area contributed by atoms with Crippen LogP contribution in [0.2, 0.25) is 0 Å². The quantitative estimate of drug-likeness (QED) is 0.400. The SMILES string of the molecule is COc1cc(C2C(C(=O)Nc3ccccc3)=C(C)Nc3nnnn32)ccc1OCc1cccc(C)c1. The highest BCUT2D eigenvalue weighted by molar-refractivity contribution is 6.06. The number of hydrogen-bond donors (Lipinski definition) is 2. The maximum atomic E-state index is 13.5. The molecule has 3 aromatic carbocycles. The number of nitrogens with one attached hydrogen (secondary N) is 2. The van der Waals surface area contributed by atoms with Crippen molar-refractivity contribution in [1.29, 1.82) is 0 Å². The molecule has 0 saturated carbocycles. The van der Waals surface area contributed by atoms with Crippen LogP contribution in [0.25, 0.3) is 0 Å². The van der Waals surface area contributed by atoms with E-state index in [2.05, 4.69) is 32.2 Å². The van der Waals surface area contributed by atoms with Gasteiger partial charge in [-0.25, -0.2) is 0 Å². The van der Waals surface area contributed by atoms with Crippen LogP contribution in [-0.4, -0.2) is 33.2 Å². The molecule has 9 heteroatoms. The molecule has 182 valence electrons. The van der Waals surface area contributed by atoms with Crippen LogP contribution in [0, 0.1) is 6.92 Å². The largest absolute Gasteiger partial charge is 0.493 e. The first-order valence-corrected chi connectivity index (χ1v) is 11.5. The van der Waals surface area contributed by atoms with Gasteiger partial charge in [-0.1, -0.05) is 59.2 Å². The Kier molecular flexibility index (Phi) is 6.36. The minimum absolute atomic E-state index is 0.254. The molecule has 2 heterocycles. The van der Waals surface area contributed by atoms with Crippen molar-refractivity contribution in [3.05, 3.63) is 101 Å². The van der Waals surface area contributed by atoms with E-state index in [1.165, 1.54) is 5.56 Å². The van der Waals surface area contributed by atoms with E-state index in [0.29, 0.717) is 41.0 Å². The number of carbonyl (C=O) groups excluding carboxylic acids is 1. The number of rotatable bonds is 7. The molecule has 0 aliphatic carbocycles. The number of amides is 1. The highest BCUT2D eigenvalue weighted by Crippen LogP contribution is 2.38. The van der Waals surface area contributed by atoms with E-state index < -0.39 is 6.04 Å². The average molecular weight is 483 g/mol. The maximum absolute atomic E-state index is 13.5. The van der Waals surface area contributed by atoms with Gasteiger partial charge in [0.15, 0.2) is 11.5 Å². The zero-order valence-corrected chi connectivity index (χ0v) is 20.2. The van der Waals surface area contributed by atoms with E-state index in [1.54, 1.807) is 11.8 Å². The average Bonchev–Trinajstić information content (AvgIpc) is 3.35. The smallest absolute Gasteiger partial charge is 0.255 e. The summed E-state index contributed by atoms with van der Waals surface area (Å²) in [4.78, 5) is 13.5. The van der Waals surface area contributed by atoms with Gasteiger partial charge in [0, 0.05) is 11.4 Å². The molecule has 2 N–H and O–H groups in total. The molecule has 1 atom stereocenters. The van der Waals surface area contributed by atoms with Crippen molar-refractivity contribution in [3.8, 4) is 11.5 Å². The Balaban J connectivity index is 1.47. The van der Waals surface area contributed by atoms with Crippen LogP contribution in [0.1, 0.15) is 29.7 Å². The first kappa shape index (κ1) is 23.1. The van der Waals surface area contributed by atoms with Crippen molar-refractivity contribution in [2.45, 2.75) is 26.5 Å². The van der Waals surface area contributed by atoms with E-state index in [1.807, 2.05) is 80.6 Å². The number of carbonyl (C=O) groups is 1. The summed E-state index contributed by atoms with van der Waals surface area (Å²) in [5.74, 6) is 1.35. The number of methoxy groups -OCH3 is 1. The number of ether oxygens (including phenoxy) is 2. The molecule has 0 fully saturated rings. The molecule has 1 aliphatic heterocycles. The normalized spacial score (nSPS) is 14.6. The summed E-state index contributed by atoms with van der Waals surface area (Å²) in [6, 6.07) is 22.5. The Hall–Kier alpha value is -4.66. The first-order chi connectivity index (χ1) is 17.5. The highest BCUT2D eigenvalue weighted by Gasteiger charge is 2.34. The fraction of sp³-hybridized carbons (Fsp3) is 0.185. The minimum Gasteiger partial charge on any atom is -0.493 e. The molecule has 1 aromatic heterocycles. The van der Waals surface area contributed by atoms with Crippen LogP contribution in [0.15, 0.2) is 84.1 Å². The predicted octanol–water partition coefficient (Wildman–Crippen LogP) is 4.50. The lowest BCUT2D eigenvalue weighted by molar-refractivity contribution is -0.113. The van der Waals surface area contributed by atoms with Gasteiger partial charge in [0.25, 0.3) is 5.91 Å². The van der Waals surface area contributed by atoms with Gasteiger partial charge in [-0.05, 0) is 59.7 Å². The molecule has 0 bridgehead atoms. The van der Waals surface area contributed by atoms with Gasteiger partial charge in [-0.3, -0.25) is 4.79 Å². The summed E-state index contributed by atoms with van der Waals surface area (Å²) in [6.45, 7) is 4.29. The monoisotopic (exact) mass is 482 g/mol. The Labute approximate surface area is 208 Å². The van der Waals surface area contributed by atoms with Crippen molar-refractivity contribution in [1.82, 2.24) is 20.2 Å². The number of para-hydroxylation sites is 1. The van der Waals surface area contributed by atoms with Crippen molar-refractivity contribution < 1.29 is 14.3 Å². The van der Waals surface area contributed by atoms with Crippen LogP contribution in [0.4, 0.5) is 11.6 Å². The van der Waals surface area contributed by atoms with Crippen molar-refractivity contribution in [2.75, 3.05) is 17.7 Å². The topological polar surface area (TPSA) is 103 Å². The number of hydrogen-bond acceptors (Lipinski definition) is 7. The molecule has 5 rings (SSSR count). The lowest BCUT2D eigenvalue weighted by Crippen LogP contribution is -2.31. The predicted molar refractivity (Wildman–Crippen MR) is 136 cm³/mol. The first-order valence-electron chi connectivity index (χ1n) is 11.5. The van der Waals surface area contributed by atoms with Crippen LogP contribution < -0.4 is 20.1 Å². The van der Waals surface area contributed by atoms with Gasteiger partial charge >= 0.3 is 0 Å². The Bertz CT molecular complexity index is 1430. The highest BCUT2D eigenvalue weighted by atomic mass is 16.5. The van der Waals surface area contributed by atoms with Gasteiger partial charge in [0.2, 0.25) is 5.95 Å². The summed E-state index contributed by atoms with van der Waals surface area (Å²) < 4.78 is 13.3. The van der Waals surface area contributed by atoms with Gasteiger partial charge in [-0.2, -0.15) is 4.68 Å². The maximum Gasteiger partial charge on any atom is 0.255 e. The summed E-state index contributed by atoms with van der Waals surface area (Å²) in [7, 11) is 1.59. The number of fused-ring (bicyclic) bond motifs is 1. The van der Waals surface area contributed by atoms with Gasteiger partial charge in [0.1, 0.15) is 12.6 Å². The van der Waals surface area contributed by atoms with Gasteiger partial charge in [0.05, 0.1) is 12.7 Å². The fourth-order valence-electron chi connectivity index (χ4n) is 4.27. The Morgan fingerprint density at radius 1 is 1.03 bits per heavy atom. The fourth-order valence-corrected chi connectivity index (χ4v) is 4.27. The minimum atomic E-state index is -0.570. The van der Waals surface area contributed by atoms with E-state index in [4.69, 9.17) is 9.47 Å². The number of anilines is 2. The number of benzene rings is 3. The zero-order chi connectivity index (χ0) is 25.1. The lowest BCUT2D eigenvalue weighted by Gasteiger charge is -2.28. The molecule has 0 radical (unpaired) electrons. The molecule has 0 spiro atoms. The summed E-state index contributed by atoms with van der Waals surface area (Å²) in [5, 5.41) is 18.1. The second-order valence-corrected chi connectivity index (χ2v) is 8.52. The number of nitrogens with zero attached hydrogens (tertiary/aromatic N) is 4. The molecular formula is C27H26N6O3. The van der Waals surface area contributed by atoms with E-state index >= 15 is 0 Å². The van der Waals surface area contributed by atoms with E-state index in [0.717, 1.165) is 11.1 Å². The van der Waals surface area contributed by atoms with Crippen LogP contribution in [0.5, 0.6) is 11.5 Å². The molecule has 1 unspecified atom stereocenters. The molecule has 9 nitrogen and oxygen atoms in total. The van der Waals surface area contributed by atoms with Crippen LogP contribution >= 0.6 is 0 Å². The van der Waals surface area contributed by atoms with Crippen molar-refractivity contribution >= 4 is 17.5 Å². The van der Waals surface area contributed by atoms with E-state index in [9.17, 15) is 4.79 Å². The van der Waals surface area contributed by atoms with Gasteiger partial charge in [-0.15, -0.1) is 0 Å². The molecule has 36 heavy (non-hydrogen) atoms. The molecule has 1 aliphatic rings. The Morgan fingerprint density at radius 2 is 1.86 bits per heavy atom. The third-order valence-electron chi connectivity index (χ3n) is 5.97. The lowest BCUT2D eigenvalue weighted by atomic mass is 9.94. The van der Waals surface area contributed by atoms with Crippen molar-refractivity contribution in [2.24, 2.45) is 0 Å².